The Kier molecular flexibility index (Phi) is 9.66. The predicted octanol–water partition coefficient (Wildman–Crippen LogP) is 5.32. The van der Waals surface area contributed by atoms with E-state index < -0.39 is 6.04 Å². The Balaban J connectivity index is 2.17. The van der Waals surface area contributed by atoms with Crippen LogP contribution in [0.15, 0.2) is 36.4 Å². The normalized spacial score (nSPS) is 11.7. The fourth-order valence-electron chi connectivity index (χ4n) is 3.14. The van der Waals surface area contributed by atoms with Crippen LogP contribution in [0.2, 0.25) is 10.0 Å². The standard InChI is InChI=1S/C24H30Cl2N2O3/c1-5-6-11-27-24(30)18(4)28(14-19-8-9-20(25)21(26)13-19)23(29)15-31-22-10-7-16(2)12-17(22)3/h7-10,12-13,18H,5-6,11,14-15H2,1-4H3,(H,27,30). The Morgan fingerprint density at radius 1 is 1.10 bits per heavy atom. The van der Waals surface area contributed by atoms with Gasteiger partial charge in [0.25, 0.3) is 5.91 Å². The van der Waals surface area contributed by atoms with Crippen LogP contribution in [-0.2, 0) is 16.1 Å². The first-order chi connectivity index (χ1) is 14.7. The van der Waals surface area contributed by atoms with Gasteiger partial charge in [0.2, 0.25) is 5.91 Å². The molecule has 2 amide bonds. The molecule has 0 aromatic heterocycles. The molecule has 1 N–H and O–H groups in total. The van der Waals surface area contributed by atoms with E-state index in [0.29, 0.717) is 22.3 Å². The number of benzene rings is 2. The van der Waals surface area contributed by atoms with Gasteiger partial charge in [0, 0.05) is 13.1 Å². The molecule has 1 atom stereocenters. The number of halogens is 2. The third kappa shape index (κ3) is 7.44. The van der Waals surface area contributed by atoms with Crippen LogP contribution in [0.3, 0.4) is 0 Å². The van der Waals surface area contributed by atoms with Crippen molar-refractivity contribution in [3.8, 4) is 5.75 Å². The first-order valence-electron chi connectivity index (χ1n) is 10.4. The van der Waals surface area contributed by atoms with Crippen LogP contribution < -0.4 is 10.1 Å². The quantitative estimate of drug-likeness (QED) is 0.483. The maximum absolute atomic E-state index is 13.1. The number of amides is 2. The zero-order chi connectivity index (χ0) is 23.0. The highest BCUT2D eigenvalue weighted by atomic mass is 35.5. The molecule has 2 aromatic carbocycles. The van der Waals surface area contributed by atoms with Crippen LogP contribution in [-0.4, -0.2) is 35.9 Å². The van der Waals surface area contributed by atoms with Crippen molar-refractivity contribution in [2.45, 2.75) is 53.1 Å². The fourth-order valence-corrected chi connectivity index (χ4v) is 3.46. The summed E-state index contributed by atoms with van der Waals surface area (Å²) in [4.78, 5) is 27.2. The first kappa shape index (κ1) is 25.0. The third-order valence-corrected chi connectivity index (χ3v) is 5.75. The van der Waals surface area contributed by atoms with E-state index in [1.807, 2.05) is 32.0 Å². The lowest BCUT2D eigenvalue weighted by Gasteiger charge is -2.29. The van der Waals surface area contributed by atoms with Crippen molar-refractivity contribution in [3.05, 3.63) is 63.1 Å². The highest BCUT2D eigenvalue weighted by molar-refractivity contribution is 6.42. The van der Waals surface area contributed by atoms with Crippen molar-refractivity contribution in [1.29, 1.82) is 0 Å². The molecule has 0 heterocycles. The molecular weight excluding hydrogens is 435 g/mol. The molecule has 31 heavy (non-hydrogen) atoms. The summed E-state index contributed by atoms with van der Waals surface area (Å²) in [7, 11) is 0. The van der Waals surface area contributed by atoms with Crippen molar-refractivity contribution in [1.82, 2.24) is 10.2 Å². The summed E-state index contributed by atoms with van der Waals surface area (Å²) >= 11 is 12.1. The molecule has 0 spiro atoms. The molecule has 7 heteroatoms. The Morgan fingerprint density at radius 3 is 2.48 bits per heavy atom. The van der Waals surface area contributed by atoms with E-state index in [0.717, 1.165) is 29.5 Å². The van der Waals surface area contributed by atoms with E-state index in [4.69, 9.17) is 27.9 Å². The molecule has 0 aliphatic carbocycles. The van der Waals surface area contributed by atoms with Gasteiger partial charge in [0.1, 0.15) is 11.8 Å². The Hall–Kier alpha value is -2.24. The molecule has 0 saturated heterocycles. The molecule has 5 nitrogen and oxygen atoms in total. The molecule has 1 unspecified atom stereocenters. The average Bonchev–Trinajstić information content (AvgIpc) is 2.73. The Bertz CT molecular complexity index is 918. The van der Waals surface area contributed by atoms with Crippen molar-refractivity contribution < 1.29 is 14.3 Å². The topological polar surface area (TPSA) is 58.6 Å². The van der Waals surface area contributed by atoms with Crippen LogP contribution in [0.1, 0.15) is 43.4 Å². The van der Waals surface area contributed by atoms with E-state index in [2.05, 4.69) is 12.2 Å². The van der Waals surface area contributed by atoms with Crippen LogP contribution >= 0.6 is 23.2 Å². The van der Waals surface area contributed by atoms with Crippen molar-refractivity contribution in [3.63, 3.8) is 0 Å². The number of rotatable bonds is 10. The number of nitrogens with zero attached hydrogens (tertiary/aromatic N) is 1. The highest BCUT2D eigenvalue weighted by Crippen LogP contribution is 2.24. The average molecular weight is 465 g/mol. The molecular formula is C24H30Cl2N2O3. The van der Waals surface area contributed by atoms with Crippen LogP contribution in [0.25, 0.3) is 0 Å². The lowest BCUT2D eigenvalue weighted by Crippen LogP contribution is -2.49. The molecule has 2 aromatic rings. The zero-order valence-corrected chi connectivity index (χ0v) is 20.0. The van der Waals surface area contributed by atoms with E-state index in [1.165, 1.54) is 4.90 Å². The molecule has 0 radical (unpaired) electrons. The second kappa shape index (κ2) is 12.0. The summed E-state index contributed by atoms with van der Waals surface area (Å²) in [6.07, 6.45) is 1.86. The van der Waals surface area contributed by atoms with E-state index in [9.17, 15) is 9.59 Å². The summed E-state index contributed by atoms with van der Waals surface area (Å²) in [6.45, 7) is 8.33. The maximum Gasteiger partial charge on any atom is 0.261 e. The molecule has 0 aliphatic heterocycles. The number of hydrogen-bond acceptors (Lipinski definition) is 3. The highest BCUT2D eigenvalue weighted by Gasteiger charge is 2.26. The minimum absolute atomic E-state index is 0.169. The van der Waals surface area contributed by atoms with Gasteiger partial charge in [-0.25, -0.2) is 0 Å². The minimum atomic E-state index is -0.665. The largest absolute Gasteiger partial charge is 0.483 e. The fraction of sp³-hybridized carbons (Fsp3) is 0.417. The monoisotopic (exact) mass is 464 g/mol. The summed E-state index contributed by atoms with van der Waals surface area (Å²) in [5.74, 6) is 0.158. The minimum Gasteiger partial charge on any atom is -0.483 e. The number of ether oxygens (including phenoxy) is 1. The van der Waals surface area contributed by atoms with Gasteiger partial charge in [0.15, 0.2) is 6.61 Å². The molecule has 0 aliphatic rings. The Morgan fingerprint density at radius 2 is 1.84 bits per heavy atom. The molecule has 168 valence electrons. The van der Waals surface area contributed by atoms with Crippen molar-refractivity contribution >= 4 is 35.0 Å². The number of unbranched alkanes of at least 4 members (excludes halogenated alkanes) is 1. The van der Waals surface area contributed by atoms with Gasteiger partial charge in [-0.2, -0.15) is 0 Å². The van der Waals surface area contributed by atoms with Crippen LogP contribution in [0.4, 0.5) is 0 Å². The summed E-state index contributed by atoms with van der Waals surface area (Å²) in [5.41, 5.74) is 2.85. The number of carbonyl (C=O) groups is 2. The lowest BCUT2D eigenvalue weighted by atomic mass is 10.1. The Labute approximate surface area is 194 Å². The van der Waals surface area contributed by atoms with Gasteiger partial charge < -0.3 is 15.0 Å². The number of carbonyl (C=O) groups excluding carboxylic acids is 2. The van der Waals surface area contributed by atoms with E-state index >= 15 is 0 Å². The van der Waals surface area contributed by atoms with Crippen LogP contribution in [0, 0.1) is 13.8 Å². The van der Waals surface area contributed by atoms with Crippen molar-refractivity contribution in [2.24, 2.45) is 0 Å². The van der Waals surface area contributed by atoms with Gasteiger partial charge in [-0.15, -0.1) is 0 Å². The SMILES string of the molecule is CCCCNC(=O)C(C)N(Cc1ccc(Cl)c(Cl)c1)C(=O)COc1ccc(C)cc1C. The summed E-state index contributed by atoms with van der Waals surface area (Å²) < 4.78 is 5.77. The smallest absolute Gasteiger partial charge is 0.261 e. The predicted molar refractivity (Wildman–Crippen MR) is 126 cm³/mol. The third-order valence-electron chi connectivity index (χ3n) is 5.02. The number of aryl methyl sites for hydroxylation is 2. The van der Waals surface area contributed by atoms with Gasteiger partial charge in [-0.1, -0.05) is 60.3 Å². The maximum atomic E-state index is 13.1. The number of nitrogens with one attached hydrogen (secondary N) is 1. The molecule has 2 rings (SSSR count). The number of hydrogen-bond donors (Lipinski definition) is 1. The molecule has 0 saturated carbocycles. The van der Waals surface area contributed by atoms with Crippen molar-refractivity contribution in [2.75, 3.05) is 13.2 Å². The zero-order valence-electron chi connectivity index (χ0n) is 18.5. The lowest BCUT2D eigenvalue weighted by molar-refractivity contribution is -0.142. The second-order valence-corrected chi connectivity index (χ2v) is 8.46. The summed E-state index contributed by atoms with van der Waals surface area (Å²) in [5, 5.41) is 3.73. The van der Waals surface area contributed by atoms with Gasteiger partial charge in [0.05, 0.1) is 10.0 Å². The first-order valence-corrected chi connectivity index (χ1v) is 11.2. The van der Waals surface area contributed by atoms with Gasteiger partial charge in [-0.3, -0.25) is 9.59 Å². The van der Waals surface area contributed by atoms with Gasteiger partial charge >= 0.3 is 0 Å². The second-order valence-electron chi connectivity index (χ2n) is 7.65. The molecule has 0 bridgehead atoms. The van der Waals surface area contributed by atoms with E-state index in [-0.39, 0.29) is 25.0 Å². The van der Waals surface area contributed by atoms with E-state index in [1.54, 1.807) is 25.1 Å². The van der Waals surface area contributed by atoms with Crippen LogP contribution in [0.5, 0.6) is 5.75 Å². The molecule has 0 fully saturated rings. The van der Waals surface area contributed by atoms with Gasteiger partial charge in [-0.05, 0) is 56.5 Å². The summed E-state index contributed by atoms with van der Waals surface area (Å²) in [6, 6.07) is 10.3.